The zero-order chi connectivity index (χ0) is 13.4. The van der Waals surface area contributed by atoms with Crippen LogP contribution in [0.25, 0.3) is 11.4 Å². The lowest BCUT2D eigenvalue weighted by atomic mass is 10.1. The standard InChI is InChI=1S/C13H14F2N4/c14-10-6-11(15)12(16)5-9(10)13-18-17-7-19(13)8-3-1-2-4-8/h5-8H,1-4,16H2. The summed E-state index contributed by atoms with van der Waals surface area (Å²) in [5.74, 6) is -1.01. The van der Waals surface area contributed by atoms with Crippen LogP contribution < -0.4 is 5.73 Å². The monoisotopic (exact) mass is 264 g/mol. The summed E-state index contributed by atoms with van der Waals surface area (Å²) in [7, 11) is 0. The summed E-state index contributed by atoms with van der Waals surface area (Å²) in [4.78, 5) is 0. The van der Waals surface area contributed by atoms with E-state index in [0.29, 0.717) is 5.82 Å². The van der Waals surface area contributed by atoms with Crippen molar-refractivity contribution in [1.29, 1.82) is 0 Å². The first-order chi connectivity index (χ1) is 9.16. The van der Waals surface area contributed by atoms with Crippen molar-refractivity contribution in [3.05, 3.63) is 30.1 Å². The molecular formula is C13H14F2N4. The molecule has 0 atom stereocenters. The molecule has 0 bridgehead atoms. The van der Waals surface area contributed by atoms with Crippen molar-refractivity contribution in [2.45, 2.75) is 31.7 Å². The van der Waals surface area contributed by atoms with E-state index < -0.39 is 11.6 Å². The van der Waals surface area contributed by atoms with E-state index in [1.54, 1.807) is 6.33 Å². The van der Waals surface area contributed by atoms with E-state index in [2.05, 4.69) is 10.2 Å². The maximum absolute atomic E-state index is 13.9. The van der Waals surface area contributed by atoms with Gasteiger partial charge in [0.2, 0.25) is 0 Å². The van der Waals surface area contributed by atoms with Crippen molar-refractivity contribution < 1.29 is 8.78 Å². The minimum absolute atomic E-state index is 0.0858. The van der Waals surface area contributed by atoms with Crippen LogP contribution >= 0.6 is 0 Å². The topological polar surface area (TPSA) is 56.7 Å². The van der Waals surface area contributed by atoms with E-state index in [9.17, 15) is 8.78 Å². The summed E-state index contributed by atoms with van der Waals surface area (Å²) >= 11 is 0. The first-order valence-electron chi connectivity index (χ1n) is 6.31. The highest BCUT2D eigenvalue weighted by atomic mass is 19.1. The van der Waals surface area contributed by atoms with Crippen LogP contribution in [0.4, 0.5) is 14.5 Å². The molecule has 0 aliphatic heterocycles. The van der Waals surface area contributed by atoms with Crippen LogP contribution in [-0.2, 0) is 0 Å². The number of anilines is 1. The van der Waals surface area contributed by atoms with Crippen LogP contribution in [0.2, 0.25) is 0 Å². The molecule has 6 heteroatoms. The second-order valence-corrected chi connectivity index (χ2v) is 4.85. The van der Waals surface area contributed by atoms with Crippen molar-refractivity contribution in [2.75, 3.05) is 5.73 Å². The fourth-order valence-electron chi connectivity index (χ4n) is 2.62. The number of benzene rings is 1. The van der Waals surface area contributed by atoms with Gasteiger partial charge in [-0.05, 0) is 18.9 Å². The fourth-order valence-corrected chi connectivity index (χ4v) is 2.62. The van der Waals surface area contributed by atoms with Gasteiger partial charge in [0.1, 0.15) is 18.0 Å². The number of nitrogens with zero attached hydrogens (tertiary/aromatic N) is 3. The first kappa shape index (κ1) is 12.1. The Kier molecular flexibility index (Phi) is 2.93. The minimum atomic E-state index is -0.756. The second kappa shape index (κ2) is 4.60. The Balaban J connectivity index is 2.07. The molecule has 2 aromatic rings. The van der Waals surface area contributed by atoms with Gasteiger partial charge in [-0.3, -0.25) is 0 Å². The Hall–Kier alpha value is -1.98. The highest BCUT2D eigenvalue weighted by Gasteiger charge is 2.22. The zero-order valence-corrected chi connectivity index (χ0v) is 10.3. The number of rotatable bonds is 2. The molecule has 1 heterocycles. The van der Waals surface area contributed by atoms with Crippen molar-refractivity contribution in [1.82, 2.24) is 14.8 Å². The molecule has 1 aromatic heterocycles. The molecule has 3 rings (SSSR count). The smallest absolute Gasteiger partial charge is 0.167 e. The van der Waals surface area contributed by atoms with Gasteiger partial charge in [0, 0.05) is 12.1 Å². The molecule has 100 valence electrons. The van der Waals surface area contributed by atoms with Gasteiger partial charge in [-0.1, -0.05) is 12.8 Å². The zero-order valence-electron chi connectivity index (χ0n) is 10.3. The van der Waals surface area contributed by atoms with Gasteiger partial charge in [-0.2, -0.15) is 0 Å². The number of hydrogen-bond donors (Lipinski definition) is 1. The second-order valence-electron chi connectivity index (χ2n) is 4.85. The molecule has 2 N–H and O–H groups in total. The van der Waals surface area contributed by atoms with Gasteiger partial charge in [0.25, 0.3) is 0 Å². The van der Waals surface area contributed by atoms with E-state index in [4.69, 9.17) is 5.73 Å². The highest BCUT2D eigenvalue weighted by molar-refractivity contribution is 5.62. The Bertz CT molecular complexity index is 603. The predicted octanol–water partition coefficient (Wildman–Crippen LogP) is 2.92. The molecule has 1 aliphatic carbocycles. The van der Waals surface area contributed by atoms with Gasteiger partial charge in [0.05, 0.1) is 11.3 Å². The summed E-state index contributed by atoms with van der Waals surface area (Å²) in [6, 6.07) is 2.36. The molecule has 0 spiro atoms. The number of nitrogen functional groups attached to an aromatic ring is 1. The average molecular weight is 264 g/mol. The van der Waals surface area contributed by atoms with Gasteiger partial charge in [-0.15, -0.1) is 10.2 Å². The lowest BCUT2D eigenvalue weighted by Gasteiger charge is -2.14. The van der Waals surface area contributed by atoms with Crippen LogP contribution in [0.5, 0.6) is 0 Å². The Morgan fingerprint density at radius 1 is 1.16 bits per heavy atom. The summed E-state index contributed by atoms with van der Waals surface area (Å²) in [6.45, 7) is 0. The molecule has 1 fully saturated rings. The minimum Gasteiger partial charge on any atom is -0.396 e. The van der Waals surface area contributed by atoms with Crippen molar-refractivity contribution >= 4 is 5.69 Å². The normalized spacial score (nSPS) is 16.1. The van der Waals surface area contributed by atoms with Gasteiger partial charge in [-0.25, -0.2) is 8.78 Å². The van der Waals surface area contributed by atoms with E-state index in [1.165, 1.54) is 6.07 Å². The molecular weight excluding hydrogens is 250 g/mol. The Morgan fingerprint density at radius 3 is 2.63 bits per heavy atom. The highest BCUT2D eigenvalue weighted by Crippen LogP contribution is 2.34. The molecule has 0 saturated heterocycles. The maximum atomic E-state index is 13.9. The van der Waals surface area contributed by atoms with Crippen LogP contribution in [0, 0.1) is 11.6 Å². The van der Waals surface area contributed by atoms with Crippen LogP contribution in [0.1, 0.15) is 31.7 Å². The van der Waals surface area contributed by atoms with Crippen molar-refractivity contribution in [2.24, 2.45) is 0 Å². The van der Waals surface area contributed by atoms with Crippen LogP contribution in [0.15, 0.2) is 18.5 Å². The predicted molar refractivity (Wildman–Crippen MR) is 67.3 cm³/mol. The van der Waals surface area contributed by atoms with Gasteiger partial charge >= 0.3 is 0 Å². The number of halogens is 2. The third kappa shape index (κ3) is 2.07. The quantitative estimate of drug-likeness (QED) is 0.848. The number of aromatic nitrogens is 3. The first-order valence-corrected chi connectivity index (χ1v) is 6.31. The number of hydrogen-bond acceptors (Lipinski definition) is 3. The van der Waals surface area contributed by atoms with Crippen LogP contribution in [0.3, 0.4) is 0 Å². The van der Waals surface area contributed by atoms with Gasteiger partial charge < -0.3 is 10.3 Å². The Morgan fingerprint density at radius 2 is 1.89 bits per heavy atom. The summed E-state index contributed by atoms with van der Waals surface area (Å²) in [6.07, 6.45) is 5.96. The molecule has 1 aromatic carbocycles. The largest absolute Gasteiger partial charge is 0.396 e. The average Bonchev–Trinajstić information content (AvgIpc) is 3.03. The van der Waals surface area contributed by atoms with E-state index >= 15 is 0 Å². The van der Waals surface area contributed by atoms with E-state index in [-0.39, 0.29) is 17.3 Å². The molecule has 0 amide bonds. The summed E-state index contributed by atoms with van der Waals surface area (Å²) in [5.41, 5.74) is 5.61. The molecule has 19 heavy (non-hydrogen) atoms. The van der Waals surface area contributed by atoms with E-state index in [1.807, 2.05) is 4.57 Å². The lowest BCUT2D eigenvalue weighted by molar-refractivity contribution is 0.519. The third-order valence-electron chi connectivity index (χ3n) is 3.62. The van der Waals surface area contributed by atoms with Crippen molar-refractivity contribution in [3.63, 3.8) is 0 Å². The fraction of sp³-hybridized carbons (Fsp3) is 0.385. The summed E-state index contributed by atoms with van der Waals surface area (Å²) < 4.78 is 28.9. The maximum Gasteiger partial charge on any atom is 0.167 e. The molecule has 4 nitrogen and oxygen atoms in total. The molecule has 1 saturated carbocycles. The van der Waals surface area contributed by atoms with Crippen molar-refractivity contribution in [3.8, 4) is 11.4 Å². The summed E-state index contributed by atoms with van der Waals surface area (Å²) in [5, 5.41) is 7.81. The SMILES string of the molecule is Nc1cc(-c2nncn2C2CCCC2)c(F)cc1F. The lowest BCUT2D eigenvalue weighted by Crippen LogP contribution is -2.07. The number of nitrogens with two attached hydrogens (primary N) is 1. The molecule has 1 aliphatic rings. The van der Waals surface area contributed by atoms with E-state index in [0.717, 1.165) is 31.7 Å². The van der Waals surface area contributed by atoms with Crippen LogP contribution in [-0.4, -0.2) is 14.8 Å². The third-order valence-corrected chi connectivity index (χ3v) is 3.62. The Labute approximate surface area is 109 Å². The van der Waals surface area contributed by atoms with Gasteiger partial charge in [0.15, 0.2) is 5.82 Å². The molecule has 0 unspecified atom stereocenters. The molecule has 0 radical (unpaired) electrons.